The van der Waals surface area contributed by atoms with Crippen molar-refractivity contribution in [3.8, 4) is 0 Å². The molecule has 1 atom stereocenters. The Morgan fingerprint density at radius 1 is 1.27 bits per heavy atom. The molecule has 1 saturated heterocycles. The standard InChI is InChI=1S/C11H16IN3/c1-9-5-3-2-4-6-15(9)11-13-7-10(12)8-14-11/h7-9H,2-6H2,1H3. The van der Waals surface area contributed by atoms with Gasteiger partial charge in [-0.2, -0.15) is 0 Å². The minimum absolute atomic E-state index is 0.576. The third-order valence-corrected chi connectivity index (χ3v) is 3.47. The van der Waals surface area contributed by atoms with Gasteiger partial charge >= 0.3 is 0 Å². The first-order valence-electron chi connectivity index (χ1n) is 5.51. The van der Waals surface area contributed by atoms with Crippen LogP contribution in [-0.4, -0.2) is 22.6 Å². The topological polar surface area (TPSA) is 29.0 Å². The first-order chi connectivity index (χ1) is 7.27. The summed E-state index contributed by atoms with van der Waals surface area (Å²) in [6.45, 7) is 3.37. The summed E-state index contributed by atoms with van der Waals surface area (Å²) < 4.78 is 1.10. The predicted octanol–water partition coefficient (Wildman–Crippen LogP) is 2.85. The minimum atomic E-state index is 0.576. The maximum atomic E-state index is 4.40. The molecule has 3 nitrogen and oxygen atoms in total. The molecule has 0 radical (unpaired) electrons. The van der Waals surface area contributed by atoms with Gasteiger partial charge in [0.15, 0.2) is 0 Å². The van der Waals surface area contributed by atoms with Gasteiger partial charge in [-0.15, -0.1) is 0 Å². The Balaban J connectivity index is 2.16. The van der Waals surface area contributed by atoms with E-state index < -0.39 is 0 Å². The molecule has 1 aromatic heterocycles. The van der Waals surface area contributed by atoms with Crippen LogP contribution in [0.2, 0.25) is 0 Å². The molecule has 1 aliphatic heterocycles. The molecule has 1 aliphatic rings. The van der Waals surface area contributed by atoms with Crippen molar-refractivity contribution in [2.24, 2.45) is 0 Å². The van der Waals surface area contributed by atoms with Gasteiger partial charge < -0.3 is 4.90 Å². The van der Waals surface area contributed by atoms with Crippen molar-refractivity contribution in [3.05, 3.63) is 16.0 Å². The second-order valence-corrected chi connectivity index (χ2v) is 5.34. The Morgan fingerprint density at radius 2 is 2.00 bits per heavy atom. The van der Waals surface area contributed by atoms with E-state index in [-0.39, 0.29) is 0 Å². The molecular weight excluding hydrogens is 301 g/mol. The number of halogens is 1. The normalized spacial score (nSPS) is 22.5. The third-order valence-electron chi connectivity index (χ3n) is 2.92. The van der Waals surface area contributed by atoms with Gasteiger partial charge in [-0.1, -0.05) is 12.8 Å². The van der Waals surface area contributed by atoms with E-state index in [4.69, 9.17) is 0 Å². The van der Waals surface area contributed by atoms with Crippen LogP contribution in [-0.2, 0) is 0 Å². The summed E-state index contributed by atoms with van der Waals surface area (Å²) in [5.41, 5.74) is 0. The fraction of sp³-hybridized carbons (Fsp3) is 0.636. The average molecular weight is 317 g/mol. The van der Waals surface area contributed by atoms with Crippen molar-refractivity contribution >= 4 is 28.5 Å². The van der Waals surface area contributed by atoms with Crippen molar-refractivity contribution in [1.29, 1.82) is 0 Å². The van der Waals surface area contributed by atoms with Gasteiger partial charge in [0.2, 0.25) is 5.95 Å². The summed E-state index contributed by atoms with van der Waals surface area (Å²) in [5.74, 6) is 0.893. The lowest BCUT2D eigenvalue weighted by Crippen LogP contribution is -2.33. The van der Waals surface area contributed by atoms with E-state index in [2.05, 4.69) is 44.4 Å². The maximum absolute atomic E-state index is 4.40. The summed E-state index contributed by atoms with van der Waals surface area (Å²) in [4.78, 5) is 11.1. The van der Waals surface area contributed by atoms with Crippen molar-refractivity contribution in [2.45, 2.75) is 38.6 Å². The molecule has 0 aromatic carbocycles. The first kappa shape index (κ1) is 11.1. The van der Waals surface area contributed by atoms with Crippen molar-refractivity contribution in [3.63, 3.8) is 0 Å². The fourth-order valence-corrected chi connectivity index (χ4v) is 2.30. The van der Waals surface area contributed by atoms with E-state index in [1.165, 1.54) is 25.7 Å². The zero-order valence-electron chi connectivity index (χ0n) is 8.99. The Bertz CT molecular complexity index is 312. The Hall–Kier alpha value is -0.390. The molecule has 0 aliphatic carbocycles. The zero-order valence-corrected chi connectivity index (χ0v) is 11.1. The average Bonchev–Trinajstić information content (AvgIpc) is 2.44. The van der Waals surface area contributed by atoms with E-state index in [0.29, 0.717) is 6.04 Å². The number of nitrogens with zero attached hydrogens (tertiary/aromatic N) is 3. The highest BCUT2D eigenvalue weighted by molar-refractivity contribution is 14.1. The highest BCUT2D eigenvalue weighted by atomic mass is 127. The van der Waals surface area contributed by atoms with Crippen molar-refractivity contribution in [2.75, 3.05) is 11.4 Å². The molecular formula is C11H16IN3. The quantitative estimate of drug-likeness (QED) is 0.746. The molecule has 0 saturated carbocycles. The number of aromatic nitrogens is 2. The summed E-state index contributed by atoms with van der Waals surface area (Å²) in [6, 6.07) is 0.576. The fourth-order valence-electron chi connectivity index (χ4n) is 2.03. The summed E-state index contributed by atoms with van der Waals surface area (Å²) >= 11 is 2.24. The lowest BCUT2D eigenvalue weighted by atomic mass is 10.1. The summed E-state index contributed by atoms with van der Waals surface area (Å²) in [7, 11) is 0. The van der Waals surface area contributed by atoms with Crippen LogP contribution >= 0.6 is 22.6 Å². The van der Waals surface area contributed by atoms with Gasteiger partial charge in [-0.25, -0.2) is 9.97 Å². The Morgan fingerprint density at radius 3 is 2.73 bits per heavy atom. The van der Waals surface area contributed by atoms with Gasteiger partial charge in [-0.05, 0) is 42.4 Å². The van der Waals surface area contributed by atoms with E-state index in [9.17, 15) is 0 Å². The zero-order chi connectivity index (χ0) is 10.7. The SMILES string of the molecule is CC1CCCCCN1c1ncc(I)cn1. The van der Waals surface area contributed by atoms with Crippen LogP contribution in [0.5, 0.6) is 0 Å². The molecule has 1 aromatic rings. The van der Waals surface area contributed by atoms with Gasteiger partial charge in [0, 0.05) is 28.6 Å². The molecule has 0 N–H and O–H groups in total. The monoisotopic (exact) mass is 317 g/mol. The van der Waals surface area contributed by atoms with Crippen LogP contribution in [0.1, 0.15) is 32.6 Å². The van der Waals surface area contributed by atoms with Gasteiger partial charge in [0.25, 0.3) is 0 Å². The smallest absolute Gasteiger partial charge is 0.225 e. The molecule has 0 amide bonds. The molecule has 0 spiro atoms. The van der Waals surface area contributed by atoms with Crippen LogP contribution in [0.4, 0.5) is 5.95 Å². The minimum Gasteiger partial charge on any atom is -0.338 e. The number of anilines is 1. The lowest BCUT2D eigenvalue weighted by molar-refractivity contribution is 0.605. The molecule has 1 unspecified atom stereocenters. The second kappa shape index (κ2) is 5.09. The molecule has 0 bridgehead atoms. The molecule has 82 valence electrons. The number of rotatable bonds is 1. The molecule has 1 fully saturated rings. The molecule has 2 rings (SSSR count). The lowest BCUT2D eigenvalue weighted by Gasteiger charge is -2.26. The first-order valence-corrected chi connectivity index (χ1v) is 6.59. The largest absolute Gasteiger partial charge is 0.338 e. The molecule has 2 heterocycles. The van der Waals surface area contributed by atoms with Crippen LogP contribution in [0.15, 0.2) is 12.4 Å². The van der Waals surface area contributed by atoms with Gasteiger partial charge in [-0.3, -0.25) is 0 Å². The number of hydrogen-bond donors (Lipinski definition) is 0. The molecule has 4 heteroatoms. The summed E-state index contributed by atoms with van der Waals surface area (Å²) in [6.07, 6.45) is 8.98. The van der Waals surface area contributed by atoms with E-state index in [0.717, 1.165) is 16.1 Å². The molecule has 15 heavy (non-hydrogen) atoms. The summed E-state index contributed by atoms with van der Waals surface area (Å²) in [5, 5.41) is 0. The maximum Gasteiger partial charge on any atom is 0.225 e. The Labute approximate surface area is 104 Å². The van der Waals surface area contributed by atoms with Crippen LogP contribution in [0.3, 0.4) is 0 Å². The van der Waals surface area contributed by atoms with Crippen LogP contribution in [0.25, 0.3) is 0 Å². The predicted molar refractivity (Wildman–Crippen MR) is 70.0 cm³/mol. The second-order valence-electron chi connectivity index (χ2n) is 4.09. The van der Waals surface area contributed by atoms with Crippen LogP contribution in [0, 0.1) is 3.57 Å². The Kier molecular flexibility index (Phi) is 3.77. The van der Waals surface area contributed by atoms with Gasteiger partial charge in [0.1, 0.15) is 0 Å². The van der Waals surface area contributed by atoms with Crippen molar-refractivity contribution in [1.82, 2.24) is 9.97 Å². The third kappa shape index (κ3) is 2.80. The number of hydrogen-bond acceptors (Lipinski definition) is 3. The van der Waals surface area contributed by atoms with E-state index in [1.807, 2.05) is 12.4 Å². The van der Waals surface area contributed by atoms with Crippen molar-refractivity contribution < 1.29 is 0 Å². The van der Waals surface area contributed by atoms with Crippen LogP contribution < -0.4 is 4.90 Å². The van der Waals surface area contributed by atoms with E-state index in [1.54, 1.807) is 0 Å². The van der Waals surface area contributed by atoms with E-state index >= 15 is 0 Å². The highest BCUT2D eigenvalue weighted by Gasteiger charge is 2.18. The van der Waals surface area contributed by atoms with Gasteiger partial charge in [0.05, 0.1) is 0 Å². The highest BCUT2D eigenvalue weighted by Crippen LogP contribution is 2.20.